The maximum atomic E-state index is 12.8. The van der Waals surface area contributed by atoms with Gasteiger partial charge in [-0.2, -0.15) is 0 Å². The molecule has 2 heterocycles. The molecule has 0 aliphatic carbocycles. The number of hydrogen-bond acceptors (Lipinski definition) is 9. The van der Waals surface area contributed by atoms with Gasteiger partial charge in [0.15, 0.2) is 18.1 Å². The first-order valence-corrected chi connectivity index (χ1v) is 11.1. The fourth-order valence-electron chi connectivity index (χ4n) is 2.95. The zero-order chi connectivity index (χ0) is 23.3. The molecular weight excluding hydrogens is 508 g/mol. The third kappa shape index (κ3) is 5.61. The Morgan fingerprint density at radius 3 is 2.56 bits per heavy atom. The predicted molar refractivity (Wildman–Crippen MR) is 118 cm³/mol. The second kappa shape index (κ2) is 10.8. The van der Waals surface area contributed by atoms with Crippen LogP contribution in [0.4, 0.5) is 4.79 Å². The van der Waals surface area contributed by atoms with Crippen LogP contribution in [0.2, 0.25) is 0 Å². The van der Waals surface area contributed by atoms with E-state index < -0.39 is 17.1 Å². The Kier molecular flexibility index (Phi) is 8.15. The van der Waals surface area contributed by atoms with Gasteiger partial charge in [0.1, 0.15) is 6.54 Å². The van der Waals surface area contributed by atoms with Crippen molar-refractivity contribution in [2.24, 2.45) is 0 Å². The summed E-state index contributed by atoms with van der Waals surface area (Å²) < 4.78 is 21.0. The Labute approximate surface area is 196 Å². The number of carbonyl (C=O) groups excluding carboxylic acids is 4. The fourth-order valence-corrected chi connectivity index (χ4v) is 4.22. The van der Waals surface area contributed by atoms with Crippen molar-refractivity contribution in [3.8, 4) is 11.5 Å². The average molecular weight is 529 g/mol. The highest BCUT2D eigenvalue weighted by molar-refractivity contribution is 9.10. The van der Waals surface area contributed by atoms with Gasteiger partial charge in [-0.3, -0.25) is 19.3 Å². The van der Waals surface area contributed by atoms with E-state index in [1.54, 1.807) is 17.0 Å². The minimum absolute atomic E-state index is 0.177. The molecule has 172 valence electrons. The SMILES string of the molecule is COC(=O)COc1cc(Br)c(/C=C2/SC(=O)N(CC(=O)N3CCOCC3)C2=O)cc1OC. The van der Waals surface area contributed by atoms with Gasteiger partial charge in [-0.15, -0.1) is 0 Å². The number of amides is 3. The highest BCUT2D eigenvalue weighted by Crippen LogP contribution is 2.38. The molecule has 32 heavy (non-hydrogen) atoms. The van der Waals surface area contributed by atoms with Crippen molar-refractivity contribution in [1.82, 2.24) is 9.80 Å². The van der Waals surface area contributed by atoms with Gasteiger partial charge in [0.2, 0.25) is 5.91 Å². The Morgan fingerprint density at radius 2 is 1.91 bits per heavy atom. The summed E-state index contributed by atoms with van der Waals surface area (Å²) >= 11 is 4.15. The number of nitrogens with zero attached hydrogens (tertiary/aromatic N) is 2. The van der Waals surface area contributed by atoms with Crippen molar-refractivity contribution in [1.29, 1.82) is 0 Å². The number of methoxy groups -OCH3 is 2. The largest absolute Gasteiger partial charge is 0.493 e. The minimum atomic E-state index is -0.549. The third-order valence-corrected chi connectivity index (χ3v) is 6.27. The molecule has 2 aliphatic heterocycles. The van der Waals surface area contributed by atoms with Crippen molar-refractivity contribution in [2.75, 3.05) is 53.7 Å². The maximum absolute atomic E-state index is 12.8. The van der Waals surface area contributed by atoms with E-state index in [-0.39, 0.29) is 24.0 Å². The fraction of sp³-hybridized carbons (Fsp3) is 0.400. The van der Waals surface area contributed by atoms with E-state index in [0.717, 1.165) is 16.7 Å². The van der Waals surface area contributed by atoms with E-state index in [1.807, 2.05) is 0 Å². The lowest BCUT2D eigenvalue weighted by Crippen LogP contribution is -2.46. The molecule has 12 heteroatoms. The smallest absolute Gasteiger partial charge is 0.343 e. The lowest BCUT2D eigenvalue weighted by molar-refractivity contribution is -0.143. The molecular formula is C20H21BrN2O8S. The van der Waals surface area contributed by atoms with Crippen LogP contribution < -0.4 is 9.47 Å². The zero-order valence-corrected chi connectivity index (χ0v) is 19.8. The minimum Gasteiger partial charge on any atom is -0.493 e. The number of morpholine rings is 1. The van der Waals surface area contributed by atoms with E-state index in [0.29, 0.717) is 47.8 Å². The molecule has 3 rings (SSSR count). The van der Waals surface area contributed by atoms with Gasteiger partial charge in [-0.05, 0) is 35.5 Å². The van der Waals surface area contributed by atoms with Crippen molar-refractivity contribution in [2.45, 2.75) is 0 Å². The van der Waals surface area contributed by atoms with Crippen LogP contribution in [0.25, 0.3) is 6.08 Å². The van der Waals surface area contributed by atoms with Crippen LogP contribution in [0.3, 0.4) is 0 Å². The summed E-state index contributed by atoms with van der Waals surface area (Å²) in [5, 5.41) is -0.510. The van der Waals surface area contributed by atoms with E-state index >= 15 is 0 Å². The first kappa shape index (κ1) is 24.1. The van der Waals surface area contributed by atoms with Gasteiger partial charge >= 0.3 is 5.97 Å². The van der Waals surface area contributed by atoms with Gasteiger partial charge in [0.25, 0.3) is 11.1 Å². The summed E-state index contributed by atoms with van der Waals surface area (Å²) in [6.07, 6.45) is 1.53. The number of hydrogen-bond donors (Lipinski definition) is 0. The zero-order valence-electron chi connectivity index (χ0n) is 17.4. The average Bonchev–Trinajstić information content (AvgIpc) is 3.06. The van der Waals surface area contributed by atoms with Crippen LogP contribution in [-0.2, 0) is 23.9 Å². The maximum Gasteiger partial charge on any atom is 0.343 e. The molecule has 0 saturated carbocycles. The summed E-state index contributed by atoms with van der Waals surface area (Å²) in [6.45, 7) is 1.12. The monoisotopic (exact) mass is 528 g/mol. The molecule has 0 atom stereocenters. The molecule has 10 nitrogen and oxygen atoms in total. The Morgan fingerprint density at radius 1 is 1.19 bits per heavy atom. The summed E-state index contributed by atoms with van der Waals surface area (Å²) in [7, 11) is 2.69. The summed E-state index contributed by atoms with van der Waals surface area (Å²) in [5.74, 6) is -0.769. The van der Waals surface area contributed by atoms with E-state index in [4.69, 9.17) is 14.2 Å². The van der Waals surface area contributed by atoms with Crippen molar-refractivity contribution in [3.63, 3.8) is 0 Å². The number of benzene rings is 1. The van der Waals surface area contributed by atoms with Crippen LogP contribution >= 0.6 is 27.7 Å². The van der Waals surface area contributed by atoms with Crippen LogP contribution in [0.15, 0.2) is 21.5 Å². The molecule has 0 N–H and O–H groups in total. The summed E-state index contributed by atoms with van der Waals surface area (Å²) in [6, 6.07) is 3.18. The quantitative estimate of drug-likeness (QED) is 0.386. The molecule has 0 bridgehead atoms. The number of ether oxygens (including phenoxy) is 4. The normalized spacial score (nSPS) is 17.7. The molecule has 1 aromatic carbocycles. The molecule has 0 aromatic heterocycles. The van der Waals surface area contributed by atoms with Crippen molar-refractivity contribution in [3.05, 3.63) is 27.1 Å². The van der Waals surface area contributed by atoms with Crippen LogP contribution in [0, 0.1) is 0 Å². The molecule has 2 saturated heterocycles. The predicted octanol–water partition coefficient (Wildman–Crippen LogP) is 1.90. The van der Waals surface area contributed by atoms with Crippen LogP contribution in [-0.4, -0.2) is 86.5 Å². The highest BCUT2D eigenvalue weighted by atomic mass is 79.9. The number of thioether (sulfide) groups is 1. The number of carbonyl (C=O) groups is 4. The third-order valence-electron chi connectivity index (χ3n) is 4.67. The second-order valence-corrected chi connectivity index (χ2v) is 8.50. The Hall–Kier alpha value is -2.57. The van der Waals surface area contributed by atoms with Crippen molar-refractivity contribution >= 4 is 56.8 Å². The van der Waals surface area contributed by atoms with Gasteiger partial charge < -0.3 is 23.8 Å². The topological polar surface area (TPSA) is 112 Å². The highest BCUT2D eigenvalue weighted by Gasteiger charge is 2.37. The molecule has 0 radical (unpaired) electrons. The number of halogens is 1. The van der Waals surface area contributed by atoms with Gasteiger partial charge in [-0.1, -0.05) is 15.9 Å². The molecule has 2 aliphatic rings. The number of esters is 1. The molecule has 1 aromatic rings. The first-order chi connectivity index (χ1) is 15.3. The molecule has 0 unspecified atom stereocenters. The first-order valence-electron chi connectivity index (χ1n) is 9.52. The Bertz CT molecular complexity index is 961. The van der Waals surface area contributed by atoms with Gasteiger partial charge in [0.05, 0.1) is 32.3 Å². The van der Waals surface area contributed by atoms with Crippen LogP contribution in [0.1, 0.15) is 5.56 Å². The van der Waals surface area contributed by atoms with E-state index in [1.165, 1.54) is 20.3 Å². The second-order valence-electron chi connectivity index (χ2n) is 6.65. The molecule has 3 amide bonds. The summed E-state index contributed by atoms with van der Waals surface area (Å²) in [5.41, 5.74) is 0.553. The lowest BCUT2D eigenvalue weighted by atomic mass is 10.2. The van der Waals surface area contributed by atoms with Gasteiger partial charge in [-0.25, -0.2) is 4.79 Å². The molecule has 2 fully saturated rings. The van der Waals surface area contributed by atoms with E-state index in [9.17, 15) is 19.2 Å². The van der Waals surface area contributed by atoms with E-state index in [2.05, 4.69) is 20.7 Å². The lowest BCUT2D eigenvalue weighted by Gasteiger charge is -2.28. The Balaban J connectivity index is 1.76. The van der Waals surface area contributed by atoms with Gasteiger partial charge in [0, 0.05) is 17.6 Å². The summed E-state index contributed by atoms with van der Waals surface area (Å²) in [4.78, 5) is 51.6. The number of rotatable bonds is 7. The van der Waals surface area contributed by atoms with Crippen LogP contribution in [0.5, 0.6) is 11.5 Å². The number of imide groups is 1. The van der Waals surface area contributed by atoms with Crippen molar-refractivity contribution < 1.29 is 38.1 Å². The molecule has 0 spiro atoms. The standard InChI is InChI=1S/C20H21BrN2O8S/c1-28-14-7-12(13(21)9-15(14)31-11-18(25)29-2)8-16-19(26)23(20(27)32-16)10-17(24)22-3-5-30-6-4-22/h7-9H,3-6,10-11H2,1-2H3/b16-8+.